The number of nitrogens with two attached hydrogens (primary N) is 2. The number of Topliss-reactive ketones (excluding diaryl/α,β-unsaturated/α-hetero) is 1. The van der Waals surface area contributed by atoms with Crippen molar-refractivity contribution in [3.63, 3.8) is 0 Å². The number of phenols is 3. The van der Waals surface area contributed by atoms with Gasteiger partial charge in [-0.25, -0.2) is 10.8 Å². The molecule has 2 aromatic heterocycles. The normalized spacial score (nSPS) is 26.4. The first-order valence-electron chi connectivity index (χ1n) is 24.9. The van der Waals surface area contributed by atoms with Crippen molar-refractivity contribution >= 4 is 52.1 Å². The van der Waals surface area contributed by atoms with Crippen LogP contribution in [0.3, 0.4) is 0 Å². The van der Waals surface area contributed by atoms with E-state index in [0.717, 1.165) is 13.1 Å². The van der Waals surface area contributed by atoms with Crippen molar-refractivity contribution in [1.29, 1.82) is 0 Å². The van der Waals surface area contributed by atoms with Crippen LogP contribution in [0.25, 0.3) is 10.8 Å². The fourth-order valence-corrected chi connectivity index (χ4v) is 8.94. The Balaban J connectivity index is 0.000000491. The zero-order valence-electron chi connectivity index (χ0n) is 45.2. The number of primary amides is 1. The predicted molar refractivity (Wildman–Crippen MR) is 287 cm³/mol. The van der Waals surface area contributed by atoms with Gasteiger partial charge >= 0.3 is 11.8 Å². The number of ketones is 1. The Hall–Kier alpha value is -8.03. The highest BCUT2D eigenvalue weighted by Gasteiger charge is 2.50. The third kappa shape index (κ3) is 14.1. The molecule has 24 heteroatoms. The Morgan fingerprint density at radius 1 is 0.910 bits per heavy atom. The number of ether oxygens (including phenoxy) is 4. The second kappa shape index (κ2) is 26.8. The highest BCUT2D eigenvalue weighted by atomic mass is 16.7. The van der Waals surface area contributed by atoms with E-state index in [1.165, 1.54) is 90.4 Å². The number of nitrogens with one attached hydrogen (secondary N) is 2. The molecule has 4 aromatic rings. The number of hydrazone groups is 1. The molecule has 11 N–H and O–H groups in total. The molecule has 6 heterocycles. The number of esters is 1. The van der Waals surface area contributed by atoms with E-state index < -0.39 is 94.7 Å². The number of nitrogens with zero attached hydrogens (tertiary/aromatic N) is 6. The number of pyridine rings is 1. The van der Waals surface area contributed by atoms with Crippen LogP contribution >= 0.6 is 0 Å². The molecule has 4 aliphatic heterocycles. The number of nitrogen functional groups attached to an aromatic ring is 1. The van der Waals surface area contributed by atoms with Crippen LogP contribution in [0.1, 0.15) is 90.8 Å². The van der Waals surface area contributed by atoms with Gasteiger partial charge in [0.05, 0.1) is 59.2 Å². The zero-order valence-corrected chi connectivity index (χ0v) is 45.2. The number of carbonyl (C=O) groups excluding carboxylic acids is 5. The number of hydrazine groups is 1. The molecule has 1 fully saturated rings. The summed E-state index contributed by atoms with van der Waals surface area (Å²) < 4.78 is 23.6. The van der Waals surface area contributed by atoms with Gasteiger partial charge < -0.3 is 60.4 Å². The number of fused-ring (bicyclic) bond motifs is 14. The minimum atomic E-state index is -2.04. The summed E-state index contributed by atoms with van der Waals surface area (Å²) >= 11 is 0. The van der Waals surface area contributed by atoms with Crippen LogP contribution in [0.4, 0.5) is 5.69 Å². The number of allylic oxidation sites excluding steroid dienone is 2. The lowest BCUT2D eigenvalue weighted by Gasteiger charge is -2.38. The largest absolute Gasteiger partial charge is 0.507 e. The maximum atomic E-state index is 14.4. The van der Waals surface area contributed by atoms with E-state index in [1.807, 2.05) is 12.5 Å². The van der Waals surface area contributed by atoms with Gasteiger partial charge in [-0.05, 0) is 39.1 Å². The van der Waals surface area contributed by atoms with Gasteiger partial charge in [0.1, 0.15) is 29.0 Å². The lowest BCUT2D eigenvalue weighted by Crippen LogP contribution is -2.46. The van der Waals surface area contributed by atoms with Crippen molar-refractivity contribution in [2.45, 2.75) is 85.6 Å². The molecule has 8 rings (SSSR count). The number of hydrogen-bond acceptors (Lipinski definition) is 21. The molecule has 0 saturated carbocycles. The number of hydrogen-bond donors (Lipinski definition) is 9. The van der Waals surface area contributed by atoms with E-state index in [9.17, 15) is 49.5 Å². The molecule has 2 aromatic carbocycles. The molecule has 0 spiro atoms. The first-order chi connectivity index (χ1) is 36.9. The smallest absolute Gasteiger partial charge is 0.312 e. The third-order valence-corrected chi connectivity index (χ3v) is 13.8. The standard InChI is InChI=1S/C43H58N4O12.C6H7N3O.C5H5N3O/c1-21-12-11-13-22(2)42(55)45-33-28(20-44-47-17-15-46(9)16-18-47)37(52)30-31(38(33)53)36(51)26(6)40-32(30)41(54)43(8,59-40)57-19-14-29(56-10)23(3)39(58-27(7)48)25(5)35(50)24(4)34(21)49;7-9-6(10)5-1-3-8-4-2-5;6-5(9)4-3-7-1-2-8-4/h11-14,19-21,23-25,29,34-35,39,49-53H,15-18H2,1-10H3,(H,45,55);1-4H,7H2,(H,9,10);1-3H,(H2,6,9)/b12-11+,19-14+,22-13-,44-20?;;/t21-,23+,24+,25+,29-,34-,35+,39+,43-;;/m0../s1. The van der Waals surface area contributed by atoms with E-state index >= 15 is 0 Å². The number of piperazine rings is 1. The van der Waals surface area contributed by atoms with Gasteiger partial charge in [0.25, 0.3) is 23.5 Å². The number of aromatic hydroxyl groups is 3. The summed E-state index contributed by atoms with van der Waals surface area (Å²) in [6.07, 6.45) is 12.1. The number of carbonyl (C=O) groups is 5. The number of likely N-dealkylation sites (N-methyl/N-ethyl adjacent to an activating group) is 1. The van der Waals surface area contributed by atoms with Gasteiger partial charge in [0.15, 0.2) is 5.75 Å². The molecule has 24 nitrogen and oxygen atoms in total. The minimum absolute atomic E-state index is 0.0559. The van der Waals surface area contributed by atoms with Crippen LogP contribution in [-0.4, -0.2) is 157 Å². The number of rotatable bonds is 6. The van der Waals surface area contributed by atoms with E-state index in [1.54, 1.807) is 57.0 Å². The molecule has 9 atom stereocenters. The molecule has 1 saturated heterocycles. The van der Waals surface area contributed by atoms with Crippen LogP contribution in [0.5, 0.6) is 23.0 Å². The lowest BCUT2D eigenvalue weighted by atomic mass is 9.78. The first-order valence-corrected chi connectivity index (χ1v) is 24.9. The van der Waals surface area contributed by atoms with Crippen LogP contribution in [-0.2, 0) is 23.8 Å². The number of phenolic OH excluding ortho intramolecular Hbond substituents is 3. The summed E-state index contributed by atoms with van der Waals surface area (Å²) in [5.74, 6) is -4.31. The third-order valence-electron chi connectivity index (χ3n) is 13.8. The van der Waals surface area contributed by atoms with Crippen molar-refractivity contribution in [2.24, 2.45) is 40.3 Å². The minimum Gasteiger partial charge on any atom is -0.507 e. The summed E-state index contributed by atoms with van der Waals surface area (Å²) in [7, 11) is 3.42. The molecule has 0 radical (unpaired) electrons. The highest BCUT2D eigenvalue weighted by molar-refractivity contribution is 6.24. The van der Waals surface area contributed by atoms with Gasteiger partial charge in [-0.1, -0.05) is 45.9 Å². The number of amides is 3. The van der Waals surface area contributed by atoms with E-state index in [2.05, 4.69) is 30.3 Å². The molecule has 5 bridgehead atoms. The molecule has 4 aliphatic rings. The molecular formula is C54H70N10O14. The number of benzene rings is 2. The van der Waals surface area contributed by atoms with Crippen LogP contribution < -0.4 is 27.1 Å². The van der Waals surface area contributed by atoms with Crippen LogP contribution in [0, 0.1) is 30.6 Å². The van der Waals surface area contributed by atoms with E-state index in [0.29, 0.717) is 18.7 Å². The zero-order chi connectivity index (χ0) is 57.8. The van der Waals surface area contributed by atoms with Crippen LogP contribution in [0.2, 0.25) is 0 Å². The quantitative estimate of drug-likeness (QED) is 0.0253. The Morgan fingerprint density at radius 3 is 2.15 bits per heavy atom. The average molecular weight is 1080 g/mol. The van der Waals surface area contributed by atoms with E-state index in [4.69, 9.17) is 30.5 Å². The van der Waals surface area contributed by atoms with Crippen molar-refractivity contribution in [1.82, 2.24) is 30.3 Å². The predicted octanol–water partition coefficient (Wildman–Crippen LogP) is 3.60. The SMILES string of the molecule is CO[C@H]1/C=C/O[C@@]2(C)Oc3c(C)c(O)c4c(O)c(c(C=NN5CCN(C)CC5)c(O)c4c3C2=O)NC(=O)/C(C)=C\C=C\[C@H](C)[C@H](O)[C@@H](C)[C@@H](O)[C@@H](C)[C@H](OC(C)=O)[C@@H]1C.NC(=O)c1cnccn1.NNC(=O)c1ccncc1. The molecule has 420 valence electrons. The monoisotopic (exact) mass is 1080 g/mol. The molecule has 0 aliphatic carbocycles. The Labute approximate surface area is 451 Å². The molecule has 0 unspecified atom stereocenters. The van der Waals surface area contributed by atoms with Crippen molar-refractivity contribution in [3.8, 4) is 23.0 Å². The van der Waals surface area contributed by atoms with Gasteiger partial charge in [0.2, 0.25) is 0 Å². The number of methoxy groups -OCH3 is 1. The number of anilines is 1. The number of aromatic nitrogens is 3. The Morgan fingerprint density at radius 2 is 1.58 bits per heavy atom. The van der Waals surface area contributed by atoms with Crippen molar-refractivity contribution < 1.29 is 68.5 Å². The first kappa shape index (κ1) is 60.8. The van der Waals surface area contributed by atoms with Crippen LogP contribution in [0.15, 0.2) is 84.4 Å². The second-order valence-electron chi connectivity index (χ2n) is 19.3. The van der Waals surface area contributed by atoms with Crippen molar-refractivity contribution in [3.05, 3.63) is 107 Å². The summed E-state index contributed by atoms with van der Waals surface area (Å²) in [6, 6.07) is 3.17. The van der Waals surface area contributed by atoms with Gasteiger partial charge in [-0.2, -0.15) is 5.10 Å². The summed E-state index contributed by atoms with van der Waals surface area (Å²) in [4.78, 5) is 74.7. The topological polar surface area (TPSA) is 357 Å². The molecule has 3 amide bonds. The fraction of sp³-hybridized carbons (Fsp3) is 0.426. The maximum absolute atomic E-state index is 14.4. The second-order valence-corrected chi connectivity index (χ2v) is 19.3. The Kier molecular flexibility index (Phi) is 20.9. The fourth-order valence-electron chi connectivity index (χ4n) is 8.94. The number of aliphatic hydroxyl groups excluding tert-OH is 2. The van der Waals surface area contributed by atoms with Gasteiger partial charge in [-0.15, -0.1) is 0 Å². The van der Waals surface area contributed by atoms with Gasteiger partial charge in [-0.3, -0.25) is 44.4 Å². The van der Waals surface area contributed by atoms with Gasteiger partial charge in [0, 0.05) is 118 Å². The summed E-state index contributed by atoms with van der Waals surface area (Å²) in [6.45, 7) is 15.1. The Bertz CT molecular complexity index is 2930. The highest BCUT2D eigenvalue weighted by Crippen LogP contribution is 2.55. The number of aliphatic hydroxyl groups is 2. The van der Waals surface area contributed by atoms with E-state index in [-0.39, 0.29) is 56.1 Å². The maximum Gasteiger partial charge on any atom is 0.312 e. The molecular weight excluding hydrogens is 1010 g/mol. The molecule has 78 heavy (non-hydrogen) atoms. The summed E-state index contributed by atoms with van der Waals surface area (Å²) in [5.41, 5.74) is 7.24. The lowest BCUT2D eigenvalue weighted by molar-refractivity contribution is -0.160. The summed E-state index contributed by atoms with van der Waals surface area (Å²) in [5, 5.41) is 66.8. The van der Waals surface area contributed by atoms with Crippen molar-refractivity contribution in [2.75, 3.05) is 45.7 Å². The average Bonchev–Trinajstić information content (AvgIpc) is 3.83.